The van der Waals surface area contributed by atoms with Crippen molar-refractivity contribution < 1.29 is 29.4 Å². The summed E-state index contributed by atoms with van der Waals surface area (Å²) in [7, 11) is 0. The molecule has 0 spiro atoms. The predicted octanol–water partition coefficient (Wildman–Crippen LogP) is -1.32. The Hall–Kier alpha value is -3.05. The van der Waals surface area contributed by atoms with Crippen LogP contribution in [0.5, 0.6) is 0 Å². The fourth-order valence-electron chi connectivity index (χ4n) is 3.06. The Morgan fingerprint density at radius 2 is 2.09 bits per heavy atom. The summed E-state index contributed by atoms with van der Waals surface area (Å²) in [6.07, 6.45) is 1.03. The number of hydrogen-bond acceptors (Lipinski definition) is 12. The van der Waals surface area contributed by atoms with Gasteiger partial charge in [-0.2, -0.15) is 0 Å². The SMILES string of the molecule is O=C(O)Cc1nnc(SCC2=C(C(=O)O)N3C(=O)C(NC(=O)Cn4cnnn4)[C@H]3SC2)s1. The Morgan fingerprint density at radius 3 is 2.78 bits per heavy atom. The minimum Gasteiger partial charge on any atom is -0.481 e. The monoisotopic (exact) mass is 498 g/mol. The van der Waals surface area contributed by atoms with Crippen LogP contribution in [0.4, 0.5) is 0 Å². The number of carboxylic acid groups (broad SMARTS) is 2. The number of carbonyl (C=O) groups excluding carboxylic acids is 2. The minimum absolute atomic E-state index is 0.104. The third-order valence-corrected chi connectivity index (χ3v) is 7.87. The maximum atomic E-state index is 12.6. The Bertz CT molecular complexity index is 1100. The number of fused-ring (bicyclic) bond motifs is 1. The van der Waals surface area contributed by atoms with Crippen molar-refractivity contribution in [3.63, 3.8) is 0 Å². The van der Waals surface area contributed by atoms with Gasteiger partial charge in [-0.1, -0.05) is 23.1 Å². The minimum atomic E-state index is -1.23. The lowest BCUT2D eigenvalue weighted by Gasteiger charge is -2.49. The number of rotatable bonds is 9. The summed E-state index contributed by atoms with van der Waals surface area (Å²) in [6.45, 7) is -0.163. The number of β-lactam (4-membered cyclic amide) rings is 1. The molecule has 1 unspecified atom stereocenters. The van der Waals surface area contributed by atoms with Crippen molar-refractivity contribution in [1.29, 1.82) is 0 Å². The summed E-state index contributed by atoms with van der Waals surface area (Å²) >= 11 is 3.70. The van der Waals surface area contributed by atoms with Crippen molar-refractivity contribution in [2.75, 3.05) is 11.5 Å². The maximum Gasteiger partial charge on any atom is 0.352 e. The van der Waals surface area contributed by atoms with Crippen molar-refractivity contribution in [2.45, 2.75) is 28.7 Å². The number of aliphatic carboxylic acids is 2. The van der Waals surface area contributed by atoms with Crippen molar-refractivity contribution in [3.05, 3.63) is 22.6 Å². The van der Waals surface area contributed by atoms with Crippen LogP contribution in [0, 0.1) is 0 Å². The zero-order valence-corrected chi connectivity index (χ0v) is 18.4. The van der Waals surface area contributed by atoms with E-state index in [4.69, 9.17) is 5.11 Å². The largest absolute Gasteiger partial charge is 0.481 e. The average molecular weight is 499 g/mol. The van der Waals surface area contributed by atoms with Gasteiger partial charge in [0.25, 0.3) is 5.91 Å². The fraction of sp³-hybridized carbons (Fsp3) is 0.400. The Labute approximate surface area is 191 Å². The molecule has 3 N–H and O–H groups in total. The Balaban J connectivity index is 1.41. The quantitative estimate of drug-likeness (QED) is 0.272. The summed E-state index contributed by atoms with van der Waals surface area (Å²) in [4.78, 5) is 48.6. The van der Waals surface area contributed by atoms with E-state index in [0.717, 1.165) is 11.3 Å². The molecule has 2 amide bonds. The molecule has 32 heavy (non-hydrogen) atoms. The van der Waals surface area contributed by atoms with Crippen LogP contribution in [0.3, 0.4) is 0 Å². The molecule has 2 aromatic rings. The highest BCUT2D eigenvalue weighted by atomic mass is 32.2. The Kier molecular flexibility index (Phi) is 6.38. The van der Waals surface area contributed by atoms with Gasteiger partial charge in [0.1, 0.15) is 35.0 Å². The number of carboxylic acids is 2. The number of carbonyl (C=O) groups is 4. The zero-order chi connectivity index (χ0) is 22.8. The highest BCUT2D eigenvalue weighted by molar-refractivity contribution is 8.01. The van der Waals surface area contributed by atoms with E-state index in [9.17, 15) is 24.3 Å². The molecule has 17 heteroatoms. The third-order valence-electron chi connectivity index (χ3n) is 4.38. The van der Waals surface area contributed by atoms with Gasteiger partial charge < -0.3 is 15.5 Å². The molecule has 2 aliphatic rings. The van der Waals surface area contributed by atoms with Gasteiger partial charge in [0.05, 0.1) is 6.42 Å². The number of nitrogens with one attached hydrogen (secondary N) is 1. The van der Waals surface area contributed by atoms with Crippen LogP contribution in [-0.2, 0) is 32.1 Å². The lowest BCUT2D eigenvalue weighted by Crippen LogP contribution is -2.70. The highest BCUT2D eigenvalue weighted by Crippen LogP contribution is 2.41. The first-order chi connectivity index (χ1) is 15.3. The molecule has 2 aromatic heterocycles. The second-order valence-electron chi connectivity index (χ2n) is 6.54. The summed E-state index contributed by atoms with van der Waals surface area (Å²) in [6, 6.07) is -0.839. The molecule has 0 radical (unpaired) electrons. The molecule has 2 aliphatic heterocycles. The molecule has 4 rings (SSSR count). The lowest BCUT2D eigenvalue weighted by molar-refractivity contribution is -0.150. The molecule has 2 atom stereocenters. The van der Waals surface area contributed by atoms with Crippen molar-refractivity contribution >= 4 is 58.6 Å². The molecule has 4 heterocycles. The average Bonchev–Trinajstić information content (AvgIpc) is 3.41. The van der Waals surface area contributed by atoms with E-state index in [2.05, 4.69) is 31.0 Å². The summed E-state index contributed by atoms with van der Waals surface area (Å²) in [5, 5.41) is 39.1. The topological polar surface area (TPSA) is 193 Å². The van der Waals surface area contributed by atoms with Gasteiger partial charge in [-0.15, -0.1) is 27.1 Å². The molecule has 0 aliphatic carbocycles. The predicted molar refractivity (Wildman–Crippen MR) is 109 cm³/mol. The number of nitrogens with zero attached hydrogens (tertiary/aromatic N) is 7. The van der Waals surface area contributed by atoms with Gasteiger partial charge >= 0.3 is 11.9 Å². The molecule has 1 saturated heterocycles. The van der Waals surface area contributed by atoms with Crippen molar-refractivity contribution in [3.8, 4) is 0 Å². The van der Waals surface area contributed by atoms with E-state index in [0.29, 0.717) is 20.7 Å². The standard InChI is InChI=1S/C15H14N8O6S3/c24-7(2-22-5-16-20-21-22)17-10-12(27)23-11(14(28)29)6(3-30-13(10)23)4-31-15-19-18-8(32-15)1-9(25)26/h5,10,13H,1-4H2,(H,17,24)(H,25,26)(H,28,29)/t10?,13-/m1/s1. The van der Waals surface area contributed by atoms with Crippen molar-refractivity contribution in [1.82, 2.24) is 40.6 Å². The lowest BCUT2D eigenvalue weighted by atomic mass is 10.0. The van der Waals surface area contributed by atoms with Gasteiger partial charge in [-0.25, -0.2) is 9.48 Å². The van der Waals surface area contributed by atoms with Crippen LogP contribution >= 0.6 is 34.9 Å². The number of thioether (sulfide) groups is 2. The summed E-state index contributed by atoms with van der Waals surface area (Å²) in [5.74, 6) is -2.62. The van der Waals surface area contributed by atoms with E-state index in [1.165, 1.54) is 39.4 Å². The molecule has 14 nitrogen and oxygen atoms in total. The highest BCUT2D eigenvalue weighted by Gasteiger charge is 2.54. The maximum absolute atomic E-state index is 12.6. The van der Waals surface area contributed by atoms with E-state index in [1.807, 2.05) is 0 Å². The van der Waals surface area contributed by atoms with Crippen LogP contribution in [-0.4, -0.2) is 92.2 Å². The number of aromatic nitrogens is 6. The Morgan fingerprint density at radius 1 is 1.28 bits per heavy atom. The molecule has 0 aromatic carbocycles. The van der Waals surface area contributed by atoms with E-state index < -0.39 is 35.2 Å². The zero-order valence-electron chi connectivity index (χ0n) is 15.9. The van der Waals surface area contributed by atoms with Crippen LogP contribution < -0.4 is 5.32 Å². The third kappa shape index (κ3) is 4.58. The van der Waals surface area contributed by atoms with E-state index in [-0.39, 0.29) is 24.4 Å². The van der Waals surface area contributed by atoms with E-state index >= 15 is 0 Å². The van der Waals surface area contributed by atoms with Crippen LogP contribution in [0.1, 0.15) is 5.01 Å². The summed E-state index contributed by atoms with van der Waals surface area (Å²) < 4.78 is 1.71. The van der Waals surface area contributed by atoms with Crippen LogP contribution in [0.25, 0.3) is 0 Å². The first kappa shape index (κ1) is 22.2. The summed E-state index contributed by atoms with van der Waals surface area (Å²) in [5.41, 5.74) is 0.429. The number of amides is 2. The molecule has 0 bridgehead atoms. The van der Waals surface area contributed by atoms with Gasteiger partial charge in [-0.05, 0) is 16.0 Å². The molecule has 0 saturated carbocycles. The van der Waals surface area contributed by atoms with Crippen LogP contribution in [0.2, 0.25) is 0 Å². The van der Waals surface area contributed by atoms with Gasteiger partial charge in [0.2, 0.25) is 5.91 Å². The second kappa shape index (κ2) is 9.21. The number of tetrazole rings is 1. The van der Waals surface area contributed by atoms with Crippen molar-refractivity contribution in [2.24, 2.45) is 0 Å². The van der Waals surface area contributed by atoms with Crippen LogP contribution in [0.15, 0.2) is 21.9 Å². The molecule has 168 valence electrons. The molecular weight excluding hydrogens is 484 g/mol. The first-order valence-electron chi connectivity index (χ1n) is 8.90. The normalized spacial score (nSPS) is 20.0. The van der Waals surface area contributed by atoms with E-state index in [1.54, 1.807) is 0 Å². The van der Waals surface area contributed by atoms with Gasteiger partial charge in [-0.3, -0.25) is 19.3 Å². The van der Waals surface area contributed by atoms with Gasteiger partial charge in [0, 0.05) is 11.5 Å². The smallest absolute Gasteiger partial charge is 0.352 e. The number of hydrogen-bond donors (Lipinski definition) is 3. The molecular formula is C15H14N8O6S3. The van der Waals surface area contributed by atoms with Gasteiger partial charge in [0.15, 0.2) is 4.34 Å². The second-order valence-corrected chi connectivity index (χ2v) is 9.93. The first-order valence-corrected chi connectivity index (χ1v) is 11.8. The molecule has 1 fully saturated rings. The fourth-order valence-corrected chi connectivity index (χ4v) is 6.43.